The molecule has 2 N–H and O–H groups in total. The fourth-order valence-corrected chi connectivity index (χ4v) is 1.98. The predicted octanol–water partition coefficient (Wildman–Crippen LogP) is 2.69. The van der Waals surface area contributed by atoms with Crippen LogP contribution in [0.25, 0.3) is 0 Å². The average Bonchev–Trinajstić information content (AvgIpc) is 2.63. The van der Waals surface area contributed by atoms with E-state index >= 15 is 0 Å². The maximum Gasteiger partial charge on any atom is 0.124 e. The molecular weight excluding hydrogens is 217 g/mol. The molecule has 0 aromatic heterocycles. The summed E-state index contributed by atoms with van der Waals surface area (Å²) in [4.78, 5) is 0. The largest absolute Gasteiger partial charge is 0.507 e. The molecule has 1 heterocycles. The first-order valence-corrected chi connectivity index (χ1v) is 4.91. The zero-order valence-electron chi connectivity index (χ0n) is 8.59. The number of aryl methyl sites for hydroxylation is 1. The predicted molar refractivity (Wildman–Crippen MR) is 60.0 cm³/mol. The second-order valence-electron chi connectivity index (χ2n) is 3.81. The van der Waals surface area contributed by atoms with Crippen LogP contribution >= 0.6 is 12.4 Å². The van der Waals surface area contributed by atoms with E-state index in [-0.39, 0.29) is 30.0 Å². The van der Waals surface area contributed by atoms with Gasteiger partial charge in [0.1, 0.15) is 11.6 Å². The van der Waals surface area contributed by atoms with E-state index in [0.717, 1.165) is 19.4 Å². The molecule has 1 aliphatic heterocycles. The lowest BCUT2D eigenvalue weighted by Crippen LogP contribution is -2.13. The molecular formula is C11H15ClFNO. The van der Waals surface area contributed by atoms with Crippen LogP contribution in [0.5, 0.6) is 5.75 Å². The van der Waals surface area contributed by atoms with Crippen LogP contribution in [0.3, 0.4) is 0 Å². The first-order chi connectivity index (χ1) is 6.68. The lowest BCUT2D eigenvalue weighted by atomic mass is 10.0. The summed E-state index contributed by atoms with van der Waals surface area (Å²) >= 11 is 0. The molecule has 2 rings (SSSR count). The van der Waals surface area contributed by atoms with Crippen LogP contribution in [0.4, 0.5) is 4.39 Å². The summed E-state index contributed by atoms with van der Waals surface area (Å²) in [5.41, 5.74) is 1.30. The molecule has 0 unspecified atom stereocenters. The van der Waals surface area contributed by atoms with Crippen molar-refractivity contribution in [2.45, 2.75) is 25.8 Å². The highest BCUT2D eigenvalue weighted by Gasteiger charge is 2.20. The van der Waals surface area contributed by atoms with Crippen LogP contribution < -0.4 is 5.32 Å². The summed E-state index contributed by atoms with van der Waals surface area (Å²) in [7, 11) is 0. The van der Waals surface area contributed by atoms with Gasteiger partial charge in [-0.25, -0.2) is 4.39 Å². The highest BCUT2D eigenvalue weighted by molar-refractivity contribution is 5.85. The van der Waals surface area contributed by atoms with Crippen LogP contribution in [-0.4, -0.2) is 11.7 Å². The molecule has 0 spiro atoms. The minimum Gasteiger partial charge on any atom is -0.507 e. The highest BCUT2D eigenvalue weighted by Crippen LogP contribution is 2.32. The molecule has 1 aromatic carbocycles. The van der Waals surface area contributed by atoms with E-state index in [4.69, 9.17) is 0 Å². The van der Waals surface area contributed by atoms with Crippen molar-refractivity contribution in [3.8, 4) is 5.75 Å². The van der Waals surface area contributed by atoms with Crippen molar-refractivity contribution in [1.82, 2.24) is 5.32 Å². The molecule has 0 saturated carbocycles. The summed E-state index contributed by atoms with van der Waals surface area (Å²) in [5, 5.41) is 13.0. The normalized spacial score (nSPS) is 20.0. The quantitative estimate of drug-likeness (QED) is 0.779. The molecule has 1 aliphatic rings. The van der Waals surface area contributed by atoms with Gasteiger partial charge in [-0.2, -0.15) is 0 Å². The number of rotatable bonds is 1. The fraction of sp³-hybridized carbons (Fsp3) is 0.455. The van der Waals surface area contributed by atoms with Gasteiger partial charge >= 0.3 is 0 Å². The third kappa shape index (κ3) is 2.41. The number of nitrogens with one attached hydrogen (secondary N) is 1. The minimum absolute atomic E-state index is 0. The Bertz CT molecular complexity index is 351. The Balaban J connectivity index is 0.00000112. The number of phenols is 1. The van der Waals surface area contributed by atoms with Gasteiger partial charge in [-0.05, 0) is 44.0 Å². The van der Waals surface area contributed by atoms with Gasteiger partial charge in [-0.15, -0.1) is 12.4 Å². The zero-order valence-corrected chi connectivity index (χ0v) is 9.40. The Kier molecular flexibility index (Phi) is 3.94. The maximum absolute atomic E-state index is 13.1. The van der Waals surface area contributed by atoms with Crippen LogP contribution in [0.2, 0.25) is 0 Å². The van der Waals surface area contributed by atoms with E-state index in [9.17, 15) is 9.50 Å². The molecule has 0 radical (unpaired) electrons. The van der Waals surface area contributed by atoms with Crippen LogP contribution in [-0.2, 0) is 0 Å². The minimum atomic E-state index is -0.274. The van der Waals surface area contributed by atoms with Gasteiger partial charge in [0.05, 0.1) is 0 Å². The second-order valence-corrected chi connectivity index (χ2v) is 3.81. The molecule has 1 aromatic rings. The first kappa shape index (κ1) is 12.3. The monoisotopic (exact) mass is 231 g/mol. The van der Waals surface area contributed by atoms with Crippen molar-refractivity contribution in [3.63, 3.8) is 0 Å². The lowest BCUT2D eigenvalue weighted by Gasteiger charge is -2.14. The Morgan fingerprint density at radius 1 is 1.47 bits per heavy atom. The molecule has 15 heavy (non-hydrogen) atoms. The topological polar surface area (TPSA) is 32.3 Å². The second kappa shape index (κ2) is 4.81. The van der Waals surface area contributed by atoms with Gasteiger partial charge in [0, 0.05) is 11.6 Å². The molecule has 2 nitrogen and oxygen atoms in total. The number of aromatic hydroxyl groups is 1. The standard InChI is InChI=1S/C11H14FNO.ClH/c1-7-5-8(12)6-9(11(7)14)10-3-2-4-13-10;/h5-6,10,13-14H,2-4H2,1H3;1H/t10-;/m0./s1. The fourth-order valence-electron chi connectivity index (χ4n) is 1.98. The van der Waals surface area contributed by atoms with E-state index < -0.39 is 0 Å². The Morgan fingerprint density at radius 3 is 2.80 bits per heavy atom. The summed E-state index contributed by atoms with van der Waals surface area (Å²) in [6, 6.07) is 2.89. The Labute approximate surface area is 94.9 Å². The van der Waals surface area contributed by atoms with Crippen molar-refractivity contribution in [2.75, 3.05) is 6.54 Å². The van der Waals surface area contributed by atoms with Crippen LogP contribution in [0.1, 0.15) is 30.0 Å². The van der Waals surface area contributed by atoms with E-state index in [0.29, 0.717) is 11.1 Å². The van der Waals surface area contributed by atoms with Crippen molar-refractivity contribution < 1.29 is 9.50 Å². The first-order valence-electron chi connectivity index (χ1n) is 4.91. The molecule has 4 heteroatoms. The van der Waals surface area contributed by atoms with Gasteiger partial charge in [-0.3, -0.25) is 0 Å². The van der Waals surface area contributed by atoms with E-state index in [1.54, 1.807) is 6.92 Å². The summed E-state index contributed by atoms with van der Waals surface area (Å²) in [5.74, 6) is -0.0465. The van der Waals surface area contributed by atoms with Crippen LogP contribution in [0, 0.1) is 12.7 Å². The third-order valence-electron chi connectivity index (χ3n) is 2.73. The van der Waals surface area contributed by atoms with Crippen molar-refractivity contribution in [1.29, 1.82) is 0 Å². The van der Waals surface area contributed by atoms with E-state index in [1.807, 2.05) is 0 Å². The summed E-state index contributed by atoms with van der Waals surface area (Å²) in [6.07, 6.45) is 2.05. The van der Waals surface area contributed by atoms with Gasteiger partial charge in [0.25, 0.3) is 0 Å². The van der Waals surface area contributed by atoms with Crippen molar-refractivity contribution in [2.24, 2.45) is 0 Å². The lowest BCUT2D eigenvalue weighted by molar-refractivity contribution is 0.449. The smallest absolute Gasteiger partial charge is 0.124 e. The van der Waals surface area contributed by atoms with Gasteiger partial charge in [0.15, 0.2) is 0 Å². The summed E-state index contributed by atoms with van der Waals surface area (Å²) < 4.78 is 13.1. The molecule has 0 aliphatic carbocycles. The molecule has 1 atom stereocenters. The molecule has 1 saturated heterocycles. The van der Waals surface area contributed by atoms with Gasteiger partial charge in [0.2, 0.25) is 0 Å². The zero-order chi connectivity index (χ0) is 10.1. The number of benzene rings is 1. The number of halogens is 2. The molecule has 0 bridgehead atoms. The van der Waals surface area contributed by atoms with Crippen LogP contribution in [0.15, 0.2) is 12.1 Å². The SMILES string of the molecule is Cc1cc(F)cc([C@@H]2CCCN2)c1O.Cl. The Morgan fingerprint density at radius 2 is 2.20 bits per heavy atom. The average molecular weight is 232 g/mol. The number of phenolic OH excluding ortho intramolecular Hbond substituents is 1. The van der Waals surface area contributed by atoms with E-state index in [2.05, 4.69) is 5.32 Å². The van der Waals surface area contributed by atoms with Gasteiger partial charge in [-0.1, -0.05) is 0 Å². The maximum atomic E-state index is 13.1. The molecule has 84 valence electrons. The van der Waals surface area contributed by atoms with Crippen molar-refractivity contribution in [3.05, 3.63) is 29.1 Å². The third-order valence-corrected chi connectivity index (χ3v) is 2.73. The van der Waals surface area contributed by atoms with Gasteiger partial charge < -0.3 is 10.4 Å². The molecule has 0 amide bonds. The van der Waals surface area contributed by atoms with E-state index in [1.165, 1.54) is 12.1 Å². The number of hydrogen-bond acceptors (Lipinski definition) is 2. The summed E-state index contributed by atoms with van der Waals surface area (Å²) in [6.45, 7) is 2.66. The molecule has 1 fully saturated rings. The van der Waals surface area contributed by atoms with Crippen molar-refractivity contribution >= 4 is 12.4 Å². The Hall–Kier alpha value is -0.800. The number of hydrogen-bond donors (Lipinski definition) is 2. The highest BCUT2D eigenvalue weighted by atomic mass is 35.5.